The van der Waals surface area contributed by atoms with E-state index in [1.54, 1.807) is 54.6 Å². The number of rotatable bonds is 4. The maximum Gasteiger partial charge on any atom is 0.255 e. The van der Waals surface area contributed by atoms with E-state index in [9.17, 15) is 4.79 Å². The first-order valence-corrected chi connectivity index (χ1v) is 8.06. The van der Waals surface area contributed by atoms with Gasteiger partial charge in [-0.05, 0) is 48.5 Å². The van der Waals surface area contributed by atoms with Gasteiger partial charge in [0.05, 0.1) is 11.9 Å². The van der Waals surface area contributed by atoms with Crippen molar-refractivity contribution in [2.45, 2.75) is 0 Å². The molecule has 1 amide bonds. The van der Waals surface area contributed by atoms with Crippen LogP contribution in [-0.4, -0.2) is 26.3 Å². The number of nitrogens with one attached hydrogen (secondary N) is 2. The fourth-order valence-corrected chi connectivity index (χ4v) is 2.45. The number of nitrogens with zero attached hydrogens (tertiary/aromatic N) is 3. The molecule has 0 aliphatic rings. The van der Waals surface area contributed by atoms with Crippen molar-refractivity contribution in [3.63, 3.8) is 0 Å². The summed E-state index contributed by atoms with van der Waals surface area (Å²) in [6, 6.07) is 15.4. The van der Waals surface area contributed by atoms with Crippen molar-refractivity contribution in [2.75, 3.05) is 5.32 Å². The molecule has 0 aliphatic carbocycles. The SMILES string of the molecule is O=C(Nc1ccc(Oc2ccc(Cl)cc2)nc1)c1ccc2n[nH]nc2c1. The van der Waals surface area contributed by atoms with Gasteiger partial charge in [0, 0.05) is 16.7 Å². The van der Waals surface area contributed by atoms with E-state index in [-0.39, 0.29) is 5.91 Å². The van der Waals surface area contributed by atoms with Crippen molar-refractivity contribution < 1.29 is 9.53 Å². The Bertz CT molecular complexity index is 1060. The summed E-state index contributed by atoms with van der Waals surface area (Å²) in [5, 5.41) is 13.9. The molecule has 0 unspecified atom stereocenters. The van der Waals surface area contributed by atoms with Crippen LogP contribution >= 0.6 is 11.6 Å². The first-order valence-electron chi connectivity index (χ1n) is 7.69. The molecular formula is C18H12ClN5O2. The van der Waals surface area contributed by atoms with Crippen molar-refractivity contribution in [1.82, 2.24) is 20.4 Å². The van der Waals surface area contributed by atoms with E-state index in [2.05, 4.69) is 25.7 Å². The van der Waals surface area contributed by atoms with Crippen LogP contribution in [0.3, 0.4) is 0 Å². The second-order valence-electron chi connectivity index (χ2n) is 5.42. The lowest BCUT2D eigenvalue weighted by molar-refractivity contribution is 0.102. The largest absolute Gasteiger partial charge is 0.439 e. The van der Waals surface area contributed by atoms with Crippen molar-refractivity contribution in [2.24, 2.45) is 0 Å². The van der Waals surface area contributed by atoms with Crippen LogP contribution in [0.5, 0.6) is 11.6 Å². The third-order valence-electron chi connectivity index (χ3n) is 3.61. The quantitative estimate of drug-likeness (QED) is 0.569. The zero-order valence-corrected chi connectivity index (χ0v) is 14.1. The Morgan fingerprint density at radius 2 is 1.81 bits per heavy atom. The topological polar surface area (TPSA) is 92.8 Å². The first kappa shape index (κ1) is 16.0. The number of aromatic nitrogens is 4. The monoisotopic (exact) mass is 365 g/mol. The van der Waals surface area contributed by atoms with E-state index in [0.29, 0.717) is 38.9 Å². The maximum atomic E-state index is 12.3. The number of halogens is 1. The van der Waals surface area contributed by atoms with Gasteiger partial charge in [0.15, 0.2) is 0 Å². The highest BCUT2D eigenvalue weighted by molar-refractivity contribution is 6.30. The minimum Gasteiger partial charge on any atom is -0.439 e. The molecule has 0 atom stereocenters. The summed E-state index contributed by atoms with van der Waals surface area (Å²) >= 11 is 5.84. The molecule has 26 heavy (non-hydrogen) atoms. The standard InChI is InChI=1S/C18H12ClN5O2/c19-12-2-5-14(6-3-12)26-17-8-4-13(10-20-17)21-18(25)11-1-7-15-16(9-11)23-24-22-15/h1-10H,(H,21,25)(H,22,23,24). The number of carbonyl (C=O) groups excluding carboxylic acids is 1. The van der Waals surface area contributed by atoms with Crippen molar-refractivity contribution in [1.29, 1.82) is 0 Å². The number of H-pyrrole nitrogens is 1. The number of carbonyl (C=O) groups is 1. The summed E-state index contributed by atoms with van der Waals surface area (Å²) in [5.41, 5.74) is 2.36. The normalized spacial score (nSPS) is 10.7. The highest BCUT2D eigenvalue weighted by atomic mass is 35.5. The summed E-state index contributed by atoms with van der Waals surface area (Å²) < 4.78 is 5.62. The Balaban J connectivity index is 1.44. The van der Waals surface area contributed by atoms with Gasteiger partial charge in [-0.2, -0.15) is 15.4 Å². The van der Waals surface area contributed by atoms with Gasteiger partial charge in [-0.1, -0.05) is 11.6 Å². The number of aromatic amines is 1. The first-order chi connectivity index (χ1) is 12.7. The van der Waals surface area contributed by atoms with Crippen molar-refractivity contribution in [3.05, 3.63) is 71.4 Å². The molecule has 0 radical (unpaired) electrons. The Morgan fingerprint density at radius 1 is 1.00 bits per heavy atom. The van der Waals surface area contributed by atoms with E-state index < -0.39 is 0 Å². The molecule has 8 heteroatoms. The molecule has 2 N–H and O–H groups in total. The minimum atomic E-state index is -0.261. The van der Waals surface area contributed by atoms with Gasteiger partial charge >= 0.3 is 0 Å². The lowest BCUT2D eigenvalue weighted by atomic mass is 10.2. The van der Waals surface area contributed by atoms with Crippen LogP contribution in [-0.2, 0) is 0 Å². The number of amides is 1. The van der Waals surface area contributed by atoms with Crippen LogP contribution in [0.1, 0.15) is 10.4 Å². The molecule has 4 rings (SSSR count). The molecule has 0 fully saturated rings. The number of hydrogen-bond acceptors (Lipinski definition) is 5. The van der Waals surface area contributed by atoms with Crippen LogP contribution < -0.4 is 10.1 Å². The lowest BCUT2D eigenvalue weighted by Crippen LogP contribution is -2.11. The number of hydrogen-bond donors (Lipinski definition) is 2. The average molecular weight is 366 g/mol. The summed E-state index contributed by atoms with van der Waals surface area (Å²) in [6.45, 7) is 0. The van der Waals surface area contributed by atoms with E-state index >= 15 is 0 Å². The maximum absolute atomic E-state index is 12.3. The van der Waals surface area contributed by atoms with Crippen LogP contribution in [0.25, 0.3) is 11.0 Å². The van der Waals surface area contributed by atoms with Crippen molar-refractivity contribution in [3.8, 4) is 11.6 Å². The zero-order valence-electron chi connectivity index (χ0n) is 13.3. The molecule has 0 bridgehead atoms. The van der Waals surface area contributed by atoms with Crippen LogP contribution in [0.2, 0.25) is 5.02 Å². The van der Waals surface area contributed by atoms with Gasteiger partial charge in [0.2, 0.25) is 5.88 Å². The summed E-state index contributed by atoms with van der Waals surface area (Å²) in [6.07, 6.45) is 1.53. The number of anilines is 1. The van der Waals surface area contributed by atoms with E-state index in [1.807, 2.05) is 0 Å². The molecule has 2 heterocycles. The molecule has 0 spiro atoms. The van der Waals surface area contributed by atoms with E-state index in [1.165, 1.54) is 6.20 Å². The molecule has 0 saturated carbocycles. The third-order valence-corrected chi connectivity index (χ3v) is 3.86. The molecule has 2 aromatic heterocycles. The molecule has 2 aromatic carbocycles. The van der Waals surface area contributed by atoms with Crippen LogP contribution in [0, 0.1) is 0 Å². The van der Waals surface area contributed by atoms with Gasteiger partial charge in [-0.3, -0.25) is 4.79 Å². The van der Waals surface area contributed by atoms with E-state index in [0.717, 1.165) is 0 Å². The van der Waals surface area contributed by atoms with Gasteiger partial charge < -0.3 is 10.1 Å². The predicted octanol–water partition coefficient (Wildman–Crippen LogP) is 4.05. The number of benzene rings is 2. The van der Waals surface area contributed by atoms with Crippen LogP contribution in [0.4, 0.5) is 5.69 Å². The molecule has 128 valence electrons. The van der Waals surface area contributed by atoms with Crippen molar-refractivity contribution >= 4 is 34.2 Å². The average Bonchev–Trinajstić information content (AvgIpc) is 3.13. The molecular weight excluding hydrogens is 354 g/mol. The Hall–Kier alpha value is -3.45. The molecule has 0 aliphatic heterocycles. The molecule has 7 nitrogen and oxygen atoms in total. The summed E-state index contributed by atoms with van der Waals surface area (Å²) in [4.78, 5) is 16.5. The van der Waals surface area contributed by atoms with Gasteiger partial charge in [-0.25, -0.2) is 4.98 Å². The fraction of sp³-hybridized carbons (Fsp3) is 0. The fourth-order valence-electron chi connectivity index (χ4n) is 2.32. The van der Waals surface area contributed by atoms with E-state index in [4.69, 9.17) is 16.3 Å². The Morgan fingerprint density at radius 3 is 2.58 bits per heavy atom. The highest BCUT2D eigenvalue weighted by Crippen LogP contribution is 2.22. The third kappa shape index (κ3) is 3.47. The summed E-state index contributed by atoms with van der Waals surface area (Å²) in [7, 11) is 0. The van der Waals surface area contributed by atoms with Gasteiger partial charge in [0.25, 0.3) is 5.91 Å². The van der Waals surface area contributed by atoms with Gasteiger partial charge in [-0.15, -0.1) is 0 Å². The number of pyridine rings is 1. The minimum absolute atomic E-state index is 0.261. The Kier molecular flexibility index (Phi) is 4.20. The molecule has 4 aromatic rings. The smallest absolute Gasteiger partial charge is 0.255 e. The Labute approximate surface area is 153 Å². The zero-order chi connectivity index (χ0) is 17.9. The summed E-state index contributed by atoms with van der Waals surface area (Å²) in [5.74, 6) is 0.775. The number of fused-ring (bicyclic) bond motifs is 1. The van der Waals surface area contributed by atoms with Gasteiger partial charge in [0.1, 0.15) is 16.8 Å². The lowest BCUT2D eigenvalue weighted by Gasteiger charge is -2.07. The number of ether oxygens (including phenoxy) is 1. The highest BCUT2D eigenvalue weighted by Gasteiger charge is 2.09. The predicted molar refractivity (Wildman–Crippen MR) is 97.6 cm³/mol. The molecule has 0 saturated heterocycles. The van der Waals surface area contributed by atoms with Crippen LogP contribution in [0.15, 0.2) is 60.8 Å². The second kappa shape index (κ2) is 6.81. The second-order valence-corrected chi connectivity index (χ2v) is 5.86.